The van der Waals surface area contributed by atoms with E-state index in [1.165, 1.54) is 0 Å². The van der Waals surface area contributed by atoms with E-state index in [0.29, 0.717) is 29.5 Å². The van der Waals surface area contributed by atoms with Crippen LogP contribution in [-0.4, -0.2) is 31.6 Å². The van der Waals surface area contributed by atoms with Gasteiger partial charge < -0.3 is 0 Å². The lowest BCUT2D eigenvalue weighted by atomic mass is 9.91. The number of nitrogens with zero attached hydrogens (tertiary/aromatic N) is 1. The van der Waals surface area contributed by atoms with Crippen LogP contribution in [-0.2, 0) is 10.0 Å². The molecule has 0 amide bonds. The largest absolute Gasteiger partial charge is 0.294 e. The average molecular weight is 400 g/mol. The van der Waals surface area contributed by atoms with E-state index in [9.17, 15) is 22.0 Å². The highest BCUT2D eigenvalue weighted by Gasteiger charge is 2.34. The summed E-state index contributed by atoms with van der Waals surface area (Å²) in [6, 6.07) is 8.96. The van der Waals surface area contributed by atoms with Crippen molar-refractivity contribution in [2.24, 2.45) is 5.92 Å². The molecule has 1 saturated heterocycles. The molecule has 4 nitrogen and oxygen atoms in total. The van der Waals surface area contributed by atoms with Crippen LogP contribution in [0.1, 0.15) is 23.2 Å². The fourth-order valence-corrected chi connectivity index (χ4v) is 4.77. The molecule has 1 aliphatic heterocycles. The smallest absolute Gasteiger partial charge is 0.243 e. The lowest BCUT2D eigenvalue weighted by Gasteiger charge is -2.31. The maximum atomic E-state index is 13.4. The van der Waals surface area contributed by atoms with Crippen molar-refractivity contribution in [3.05, 3.63) is 64.7 Å². The SMILES string of the molecule is O=C(c1cccc(Cl)c1)[C@@H]1CCCN(S(=O)(=O)c2ccc(F)c(F)c2)C1. The van der Waals surface area contributed by atoms with Gasteiger partial charge in [0.25, 0.3) is 0 Å². The van der Waals surface area contributed by atoms with Crippen molar-refractivity contribution in [3.63, 3.8) is 0 Å². The van der Waals surface area contributed by atoms with Gasteiger partial charge in [-0.25, -0.2) is 17.2 Å². The molecule has 2 aromatic carbocycles. The lowest BCUT2D eigenvalue weighted by molar-refractivity contribution is 0.0872. The summed E-state index contributed by atoms with van der Waals surface area (Å²) in [4.78, 5) is 12.3. The van der Waals surface area contributed by atoms with Crippen molar-refractivity contribution in [3.8, 4) is 0 Å². The fraction of sp³-hybridized carbons (Fsp3) is 0.278. The molecular weight excluding hydrogens is 384 g/mol. The number of sulfonamides is 1. The Labute approximate surface area is 155 Å². The summed E-state index contributed by atoms with van der Waals surface area (Å²) >= 11 is 5.91. The number of ketones is 1. The highest BCUT2D eigenvalue weighted by atomic mass is 35.5. The maximum absolute atomic E-state index is 13.4. The van der Waals surface area contributed by atoms with Gasteiger partial charge in [-0.3, -0.25) is 4.79 Å². The van der Waals surface area contributed by atoms with Gasteiger partial charge in [-0.15, -0.1) is 0 Å². The van der Waals surface area contributed by atoms with E-state index in [2.05, 4.69) is 0 Å². The minimum atomic E-state index is -4.01. The first-order valence-electron chi connectivity index (χ1n) is 8.04. The number of rotatable bonds is 4. The molecule has 0 saturated carbocycles. The zero-order valence-corrected chi connectivity index (χ0v) is 15.2. The van der Waals surface area contributed by atoms with Gasteiger partial charge >= 0.3 is 0 Å². The Bertz CT molecular complexity index is 949. The topological polar surface area (TPSA) is 54.5 Å². The van der Waals surface area contributed by atoms with Crippen LogP contribution in [0.25, 0.3) is 0 Å². The summed E-state index contributed by atoms with van der Waals surface area (Å²) in [5.74, 6) is -3.04. The van der Waals surface area contributed by atoms with E-state index >= 15 is 0 Å². The van der Waals surface area contributed by atoms with Crippen LogP contribution in [0.15, 0.2) is 47.4 Å². The number of hydrogen-bond donors (Lipinski definition) is 0. The van der Waals surface area contributed by atoms with E-state index in [-0.39, 0.29) is 23.8 Å². The molecule has 138 valence electrons. The van der Waals surface area contributed by atoms with E-state index in [1.807, 2.05) is 0 Å². The number of benzene rings is 2. The second kappa shape index (κ2) is 7.42. The van der Waals surface area contributed by atoms with Crippen LogP contribution in [0.5, 0.6) is 0 Å². The van der Waals surface area contributed by atoms with Crippen molar-refractivity contribution in [1.82, 2.24) is 4.31 Å². The Morgan fingerprint density at radius 1 is 1.12 bits per heavy atom. The quantitative estimate of drug-likeness (QED) is 0.732. The second-order valence-corrected chi connectivity index (χ2v) is 8.53. The van der Waals surface area contributed by atoms with Gasteiger partial charge in [0.2, 0.25) is 10.0 Å². The normalized spacial score (nSPS) is 18.7. The van der Waals surface area contributed by atoms with Crippen LogP contribution in [0.3, 0.4) is 0 Å². The highest BCUT2D eigenvalue weighted by Crippen LogP contribution is 2.27. The zero-order chi connectivity index (χ0) is 18.9. The fourth-order valence-electron chi connectivity index (χ4n) is 3.04. The summed E-state index contributed by atoms with van der Waals surface area (Å²) in [5, 5.41) is 0.429. The molecule has 2 aromatic rings. The standard InChI is InChI=1S/C18H16ClF2NO3S/c19-14-5-1-3-12(9-14)18(23)13-4-2-8-22(11-13)26(24,25)15-6-7-16(20)17(21)10-15/h1,3,5-7,9-10,13H,2,4,8,11H2/t13-/m1/s1. The number of piperidine rings is 1. The first kappa shape index (κ1) is 18.9. The van der Waals surface area contributed by atoms with Crippen molar-refractivity contribution >= 4 is 27.4 Å². The van der Waals surface area contributed by atoms with Crippen molar-refractivity contribution < 1.29 is 22.0 Å². The third kappa shape index (κ3) is 3.79. The van der Waals surface area contributed by atoms with E-state index in [1.54, 1.807) is 24.3 Å². The molecule has 0 unspecified atom stereocenters. The molecule has 0 radical (unpaired) electrons. The van der Waals surface area contributed by atoms with E-state index in [4.69, 9.17) is 11.6 Å². The Morgan fingerprint density at radius 3 is 2.58 bits per heavy atom. The molecule has 26 heavy (non-hydrogen) atoms. The molecule has 3 rings (SSSR count). The van der Waals surface area contributed by atoms with Gasteiger partial charge in [0.1, 0.15) is 0 Å². The molecule has 1 fully saturated rings. The Kier molecular flexibility index (Phi) is 5.41. The molecule has 1 aliphatic rings. The van der Waals surface area contributed by atoms with Gasteiger partial charge in [0.05, 0.1) is 4.90 Å². The lowest BCUT2D eigenvalue weighted by Crippen LogP contribution is -2.42. The first-order valence-corrected chi connectivity index (χ1v) is 9.86. The second-order valence-electron chi connectivity index (χ2n) is 6.15. The number of hydrogen-bond acceptors (Lipinski definition) is 3. The third-order valence-electron chi connectivity index (χ3n) is 4.39. The summed E-state index contributed by atoms with van der Waals surface area (Å²) in [5.41, 5.74) is 0.426. The minimum absolute atomic E-state index is 0.00727. The van der Waals surface area contributed by atoms with Crippen LogP contribution >= 0.6 is 11.6 Å². The molecule has 0 N–H and O–H groups in total. The Balaban J connectivity index is 1.83. The van der Waals surface area contributed by atoms with Gasteiger partial charge in [-0.2, -0.15) is 4.31 Å². The van der Waals surface area contributed by atoms with Crippen molar-refractivity contribution in [2.75, 3.05) is 13.1 Å². The van der Waals surface area contributed by atoms with Gasteiger partial charge in [0.15, 0.2) is 17.4 Å². The maximum Gasteiger partial charge on any atom is 0.243 e. The molecule has 0 bridgehead atoms. The zero-order valence-electron chi connectivity index (χ0n) is 13.7. The number of carbonyl (C=O) groups is 1. The third-order valence-corrected chi connectivity index (χ3v) is 6.49. The molecule has 8 heteroatoms. The summed E-state index contributed by atoms with van der Waals surface area (Å²) in [6.45, 7) is 0.216. The number of halogens is 3. The molecule has 1 heterocycles. The van der Waals surface area contributed by atoms with Crippen LogP contribution in [0.4, 0.5) is 8.78 Å². The molecule has 0 spiro atoms. The highest BCUT2D eigenvalue weighted by molar-refractivity contribution is 7.89. The molecule has 0 aromatic heterocycles. The monoisotopic (exact) mass is 399 g/mol. The van der Waals surface area contributed by atoms with E-state index < -0.39 is 27.6 Å². The molecular formula is C18H16ClF2NO3S. The first-order chi connectivity index (χ1) is 12.3. The minimum Gasteiger partial charge on any atom is -0.294 e. The van der Waals surface area contributed by atoms with Gasteiger partial charge in [0, 0.05) is 29.6 Å². The molecule has 0 aliphatic carbocycles. The van der Waals surface area contributed by atoms with Gasteiger partial charge in [-0.1, -0.05) is 23.7 Å². The van der Waals surface area contributed by atoms with Crippen molar-refractivity contribution in [2.45, 2.75) is 17.7 Å². The van der Waals surface area contributed by atoms with Crippen LogP contribution in [0, 0.1) is 17.6 Å². The Morgan fingerprint density at radius 2 is 1.88 bits per heavy atom. The summed E-state index contributed by atoms with van der Waals surface area (Å²) < 4.78 is 53.1. The summed E-state index contributed by atoms with van der Waals surface area (Å²) in [6.07, 6.45) is 1.05. The number of carbonyl (C=O) groups excluding carboxylic acids is 1. The molecule has 1 atom stereocenters. The number of Topliss-reactive ketones (excluding diaryl/α,β-unsaturated/α-hetero) is 1. The predicted octanol–water partition coefficient (Wildman–Crippen LogP) is 3.90. The van der Waals surface area contributed by atoms with Crippen LogP contribution < -0.4 is 0 Å². The van der Waals surface area contributed by atoms with Crippen LogP contribution in [0.2, 0.25) is 5.02 Å². The van der Waals surface area contributed by atoms with E-state index in [0.717, 1.165) is 16.4 Å². The Hall–Kier alpha value is -1.83. The van der Waals surface area contributed by atoms with Crippen molar-refractivity contribution in [1.29, 1.82) is 0 Å². The summed E-state index contributed by atoms with van der Waals surface area (Å²) in [7, 11) is -4.01. The predicted molar refractivity (Wildman–Crippen MR) is 93.6 cm³/mol. The average Bonchev–Trinajstić information content (AvgIpc) is 2.63. The van der Waals surface area contributed by atoms with Gasteiger partial charge in [-0.05, 0) is 43.2 Å².